The van der Waals surface area contributed by atoms with E-state index in [1.54, 1.807) is 0 Å². The minimum absolute atomic E-state index is 0.787. The fourth-order valence-corrected chi connectivity index (χ4v) is 3.16. The van der Waals surface area contributed by atoms with E-state index >= 15 is 0 Å². The Balaban J connectivity index is 1.87. The van der Waals surface area contributed by atoms with Gasteiger partial charge in [-0.1, -0.05) is 6.08 Å². The lowest BCUT2D eigenvalue weighted by atomic mass is 9.89. The summed E-state index contributed by atoms with van der Waals surface area (Å²) in [7, 11) is 0. The van der Waals surface area contributed by atoms with Crippen molar-refractivity contribution in [3.8, 4) is 0 Å². The molecule has 0 spiro atoms. The predicted molar refractivity (Wildman–Crippen MR) is 73.7 cm³/mol. The van der Waals surface area contributed by atoms with E-state index in [4.69, 9.17) is 0 Å². The molecule has 0 saturated carbocycles. The first-order chi connectivity index (χ1) is 8.24. The van der Waals surface area contributed by atoms with Gasteiger partial charge < -0.3 is 5.32 Å². The number of pyridine rings is 1. The molecular weight excluding hydrogens is 276 g/mol. The van der Waals surface area contributed by atoms with Crippen LogP contribution in [0.3, 0.4) is 0 Å². The number of allylic oxidation sites excluding steroid dienone is 2. The molecule has 0 bridgehead atoms. The first kappa shape index (κ1) is 11.4. The summed E-state index contributed by atoms with van der Waals surface area (Å²) in [6.07, 6.45) is 6.97. The SMILES string of the molecule is Cc1cc(C2=C[C@H]3CCNC[C@H]3C2)cnc1Br. The molecule has 3 rings (SSSR count). The smallest absolute Gasteiger partial charge is 0.109 e. The first-order valence-electron chi connectivity index (χ1n) is 6.28. The van der Waals surface area contributed by atoms with Gasteiger partial charge >= 0.3 is 0 Å². The monoisotopic (exact) mass is 292 g/mol. The minimum atomic E-state index is 0.787. The molecule has 1 aromatic heterocycles. The van der Waals surface area contributed by atoms with Crippen molar-refractivity contribution in [1.29, 1.82) is 0 Å². The van der Waals surface area contributed by atoms with Gasteiger partial charge in [0.1, 0.15) is 4.60 Å². The van der Waals surface area contributed by atoms with Crippen molar-refractivity contribution in [1.82, 2.24) is 10.3 Å². The van der Waals surface area contributed by atoms with Crippen LogP contribution < -0.4 is 5.32 Å². The third-order valence-electron chi connectivity index (χ3n) is 3.95. The number of hydrogen-bond donors (Lipinski definition) is 1. The predicted octanol–water partition coefficient (Wildman–Crippen LogP) is 3.17. The fourth-order valence-electron chi connectivity index (χ4n) is 2.94. The second kappa shape index (κ2) is 4.54. The number of fused-ring (bicyclic) bond motifs is 1. The van der Waals surface area contributed by atoms with Crippen LogP contribution in [0.15, 0.2) is 22.9 Å². The standard InChI is InChI=1S/C14H17BrN2/c1-9-4-12(8-17-14(9)15)11-5-10-2-3-16-7-13(10)6-11/h4-5,8,10,13,16H,2-3,6-7H2,1H3/t10-,13-/m1/s1. The minimum Gasteiger partial charge on any atom is -0.316 e. The zero-order valence-electron chi connectivity index (χ0n) is 10.0. The molecule has 0 radical (unpaired) electrons. The molecule has 1 aliphatic heterocycles. The number of hydrogen-bond acceptors (Lipinski definition) is 2. The van der Waals surface area contributed by atoms with Gasteiger partial charge in [0, 0.05) is 6.20 Å². The molecule has 2 nitrogen and oxygen atoms in total. The molecule has 2 atom stereocenters. The summed E-state index contributed by atoms with van der Waals surface area (Å²) in [5.41, 5.74) is 4.02. The summed E-state index contributed by atoms with van der Waals surface area (Å²) in [5, 5.41) is 3.49. The van der Waals surface area contributed by atoms with E-state index in [0.29, 0.717) is 0 Å². The Bertz CT molecular complexity index is 467. The molecule has 1 aromatic rings. The lowest BCUT2D eigenvalue weighted by Gasteiger charge is -2.25. The first-order valence-corrected chi connectivity index (χ1v) is 7.07. The van der Waals surface area contributed by atoms with Crippen molar-refractivity contribution >= 4 is 21.5 Å². The van der Waals surface area contributed by atoms with Crippen LogP contribution in [0.4, 0.5) is 0 Å². The number of nitrogens with one attached hydrogen (secondary N) is 1. The van der Waals surface area contributed by atoms with Gasteiger partial charge in [0.25, 0.3) is 0 Å². The van der Waals surface area contributed by atoms with Gasteiger partial charge in [-0.2, -0.15) is 0 Å². The van der Waals surface area contributed by atoms with E-state index in [1.165, 1.54) is 42.6 Å². The van der Waals surface area contributed by atoms with Crippen molar-refractivity contribution in [3.63, 3.8) is 0 Å². The van der Waals surface area contributed by atoms with Crippen LogP contribution >= 0.6 is 15.9 Å². The van der Waals surface area contributed by atoms with E-state index < -0.39 is 0 Å². The Morgan fingerprint density at radius 2 is 2.35 bits per heavy atom. The van der Waals surface area contributed by atoms with E-state index in [1.807, 2.05) is 6.20 Å². The summed E-state index contributed by atoms with van der Waals surface area (Å²) in [6, 6.07) is 2.24. The summed E-state index contributed by atoms with van der Waals surface area (Å²) in [4.78, 5) is 4.40. The number of rotatable bonds is 1. The fraction of sp³-hybridized carbons (Fsp3) is 0.500. The summed E-state index contributed by atoms with van der Waals surface area (Å²) >= 11 is 3.46. The lowest BCUT2D eigenvalue weighted by molar-refractivity contribution is 0.324. The zero-order valence-corrected chi connectivity index (χ0v) is 11.6. The molecule has 3 heteroatoms. The Kier molecular flexibility index (Phi) is 3.05. The van der Waals surface area contributed by atoms with Crippen molar-refractivity contribution < 1.29 is 0 Å². The van der Waals surface area contributed by atoms with Crippen LogP contribution in [-0.4, -0.2) is 18.1 Å². The van der Waals surface area contributed by atoms with Gasteiger partial charge in [0.2, 0.25) is 0 Å². The molecule has 2 heterocycles. The van der Waals surface area contributed by atoms with Crippen LogP contribution in [0.2, 0.25) is 0 Å². The van der Waals surface area contributed by atoms with Crippen molar-refractivity contribution in [2.24, 2.45) is 11.8 Å². The van der Waals surface area contributed by atoms with Crippen LogP contribution in [0, 0.1) is 18.8 Å². The molecule has 1 fully saturated rings. The maximum atomic E-state index is 4.40. The Hall–Kier alpha value is -0.670. The van der Waals surface area contributed by atoms with Crippen molar-refractivity contribution in [2.75, 3.05) is 13.1 Å². The summed E-state index contributed by atoms with van der Waals surface area (Å²) < 4.78 is 0.957. The van der Waals surface area contributed by atoms with Crippen LogP contribution in [-0.2, 0) is 0 Å². The average molecular weight is 293 g/mol. The second-order valence-corrected chi connectivity index (χ2v) is 5.90. The molecule has 1 aliphatic carbocycles. The topological polar surface area (TPSA) is 24.9 Å². The van der Waals surface area contributed by atoms with Gasteiger partial charge in [-0.05, 0) is 83.4 Å². The van der Waals surface area contributed by atoms with Gasteiger partial charge in [0.15, 0.2) is 0 Å². The highest BCUT2D eigenvalue weighted by molar-refractivity contribution is 9.10. The zero-order chi connectivity index (χ0) is 11.8. The maximum Gasteiger partial charge on any atom is 0.109 e. The van der Waals surface area contributed by atoms with E-state index in [-0.39, 0.29) is 0 Å². The van der Waals surface area contributed by atoms with Gasteiger partial charge in [-0.25, -0.2) is 4.98 Å². The van der Waals surface area contributed by atoms with Crippen molar-refractivity contribution in [3.05, 3.63) is 34.1 Å². The van der Waals surface area contributed by atoms with Gasteiger partial charge in [0.05, 0.1) is 0 Å². The third-order valence-corrected chi connectivity index (χ3v) is 4.78. The average Bonchev–Trinajstić information content (AvgIpc) is 2.76. The van der Waals surface area contributed by atoms with Gasteiger partial charge in [-0.15, -0.1) is 0 Å². The highest BCUT2D eigenvalue weighted by atomic mass is 79.9. The van der Waals surface area contributed by atoms with Crippen LogP contribution in [0.1, 0.15) is 24.0 Å². The largest absolute Gasteiger partial charge is 0.316 e. The summed E-state index contributed by atoms with van der Waals surface area (Å²) in [6.45, 7) is 4.45. The van der Waals surface area contributed by atoms with Crippen LogP contribution in [0.5, 0.6) is 0 Å². The molecule has 0 unspecified atom stereocenters. The second-order valence-electron chi connectivity index (χ2n) is 5.14. The lowest BCUT2D eigenvalue weighted by Crippen LogP contribution is -2.33. The Morgan fingerprint density at radius 3 is 3.12 bits per heavy atom. The van der Waals surface area contributed by atoms with Crippen molar-refractivity contribution in [2.45, 2.75) is 19.8 Å². The number of aromatic nitrogens is 1. The molecule has 0 amide bonds. The number of nitrogens with zero attached hydrogens (tertiary/aromatic N) is 1. The van der Waals surface area contributed by atoms with E-state index in [0.717, 1.165) is 16.4 Å². The molecular formula is C14H17BrN2. The molecule has 2 aliphatic rings. The van der Waals surface area contributed by atoms with Gasteiger partial charge in [-0.3, -0.25) is 0 Å². The summed E-state index contributed by atoms with van der Waals surface area (Å²) in [5.74, 6) is 1.60. The molecule has 1 N–H and O–H groups in total. The highest BCUT2D eigenvalue weighted by Gasteiger charge is 2.30. The third kappa shape index (κ3) is 2.18. The van der Waals surface area contributed by atoms with Crippen LogP contribution in [0.25, 0.3) is 5.57 Å². The number of piperidine rings is 1. The molecule has 0 aromatic carbocycles. The normalized spacial score (nSPS) is 27.8. The number of halogens is 1. The maximum absolute atomic E-state index is 4.40. The highest BCUT2D eigenvalue weighted by Crippen LogP contribution is 2.39. The Labute approximate surface area is 111 Å². The molecule has 17 heavy (non-hydrogen) atoms. The quantitative estimate of drug-likeness (QED) is 0.805. The Morgan fingerprint density at radius 1 is 1.47 bits per heavy atom. The molecule has 90 valence electrons. The molecule has 1 saturated heterocycles. The number of aryl methyl sites for hydroxylation is 1. The van der Waals surface area contributed by atoms with E-state index in [2.05, 4.69) is 45.3 Å². The van der Waals surface area contributed by atoms with E-state index in [9.17, 15) is 0 Å².